The summed E-state index contributed by atoms with van der Waals surface area (Å²) in [6, 6.07) is 14.4. The Morgan fingerprint density at radius 1 is 1.28 bits per heavy atom. The fourth-order valence-corrected chi connectivity index (χ4v) is 3.84. The van der Waals surface area contributed by atoms with Crippen molar-refractivity contribution in [3.05, 3.63) is 64.2 Å². The van der Waals surface area contributed by atoms with Crippen molar-refractivity contribution in [2.75, 3.05) is 38.6 Å². The summed E-state index contributed by atoms with van der Waals surface area (Å²) in [6.45, 7) is 2.92. The topological polar surface area (TPSA) is 111 Å². The summed E-state index contributed by atoms with van der Waals surface area (Å²) in [7, 11) is 1.46. The fraction of sp³-hybridized carbons (Fsp3) is 0.381. The van der Waals surface area contributed by atoms with Crippen LogP contribution < -0.4 is 15.8 Å². The molecule has 0 saturated carbocycles. The standard InChI is InChI=1S/C21H26N4O4/c1-29-20-8-7-17(25(27)28)11-19(20)23-21(26)9-10-24-13-16(12-22)18(14-24)15-5-3-2-4-6-15/h2-8,11,16,18H,9-10,12-14,22H2,1H3,(H,23,26)/t16-,18+/m1/s1. The number of nitrogens with one attached hydrogen (secondary N) is 1. The van der Waals surface area contributed by atoms with Crippen LogP contribution in [0.3, 0.4) is 0 Å². The van der Waals surface area contributed by atoms with Crippen molar-refractivity contribution in [2.45, 2.75) is 12.3 Å². The second-order valence-corrected chi connectivity index (χ2v) is 7.21. The number of methoxy groups -OCH3 is 1. The number of hydrogen-bond donors (Lipinski definition) is 2. The van der Waals surface area contributed by atoms with Gasteiger partial charge in [-0.15, -0.1) is 0 Å². The summed E-state index contributed by atoms with van der Waals surface area (Å²) in [5.41, 5.74) is 7.45. The third kappa shape index (κ3) is 5.10. The molecule has 0 radical (unpaired) electrons. The van der Waals surface area contributed by atoms with Crippen LogP contribution >= 0.6 is 0 Å². The van der Waals surface area contributed by atoms with Crippen molar-refractivity contribution in [3.63, 3.8) is 0 Å². The van der Waals surface area contributed by atoms with Crippen LogP contribution in [0.15, 0.2) is 48.5 Å². The number of non-ortho nitro benzene ring substituents is 1. The molecular weight excluding hydrogens is 372 g/mol. The van der Waals surface area contributed by atoms with Crippen molar-refractivity contribution in [1.29, 1.82) is 0 Å². The van der Waals surface area contributed by atoms with Gasteiger partial charge in [-0.3, -0.25) is 14.9 Å². The lowest BCUT2D eigenvalue weighted by Gasteiger charge is -2.17. The number of ether oxygens (including phenoxy) is 1. The molecule has 2 atom stereocenters. The van der Waals surface area contributed by atoms with Crippen molar-refractivity contribution < 1.29 is 14.5 Å². The van der Waals surface area contributed by atoms with Crippen LogP contribution in [-0.2, 0) is 4.79 Å². The van der Waals surface area contributed by atoms with E-state index in [9.17, 15) is 14.9 Å². The van der Waals surface area contributed by atoms with Crippen LogP contribution in [0, 0.1) is 16.0 Å². The highest BCUT2D eigenvalue weighted by Crippen LogP contribution is 2.32. The van der Waals surface area contributed by atoms with E-state index in [0.29, 0.717) is 36.4 Å². The summed E-state index contributed by atoms with van der Waals surface area (Å²) in [5.74, 6) is 0.896. The number of nitrogens with zero attached hydrogens (tertiary/aromatic N) is 2. The summed E-state index contributed by atoms with van der Waals surface area (Å²) in [4.78, 5) is 25.2. The largest absolute Gasteiger partial charge is 0.495 e. The highest BCUT2D eigenvalue weighted by atomic mass is 16.6. The Kier molecular flexibility index (Phi) is 6.79. The van der Waals surface area contributed by atoms with Gasteiger partial charge in [0.15, 0.2) is 0 Å². The SMILES string of the molecule is COc1ccc([N+](=O)[O-])cc1NC(=O)CCN1C[C@@H](CN)[C@H](c2ccccc2)C1. The van der Waals surface area contributed by atoms with E-state index in [1.807, 2.05) is 18.2 Å². The lowest BCUT2D eigenvalue weighted by atomic mass is 9.89. The number of nitro groups is 1. The molecule has 1 aliphatic rings. The van der Waals surface area contributed by atoms with Gasteiger partial charge in [0.25, 0.3) is 5.69 Å². The average molecular weight is 398 g/mol. The van der Waals surface area contributed by atoms with Crippen molar-refractivity contribution in [2.24, 2.45) is 11.7 Å². The molecule has 8 nitrogen and oxygen atoms in total. The van der Waals surface area contributed by atoms with Gasteiger partial charge < -0.3 is 20.7 Å². The average Bonchev–Trinajstić information content (AvgIpc) is 3.16. The molecule has 3 N–H and O–H groups in total. The lowest BCUT2D eigenvalue weighted by molar-refractivity contribution is -0.384. The molecule has 29 heavy (non-hydrogen) atoms. The third-order valence-corrected chi connectivity index (χ3v) is 5.37. The molecule has 0 spiro atoms. The van der Waals surface area contributed by atoms with Crippen molar-refractivity contribution in [3.8, 4) is 5.75 Å². The number of hydrogen-bond acceptors (Lipinski definition) is 6. The summed E-state index contributed by atoms with van der Waals surface area (Å²) in [6.07, 6.45) is 0.282. The quantitative estimate of drug-likeness (QED) is 0.522. The first-order chi connectivity index (χ1) is 14.0. The molecule has 2 aromatic carbocycles. The van der Waals surface area contributed by atoms with Gasteiger partial charge in [-0.1, -0.05) is 30.3 Å². The predicted molar refractivity (Wildman–Crippen MR) is 111 cm³/mol. The molecule has 1 heterocycles. The van der Waals surface area contributed by atoms with E-state index in [2.05, 4.69) is 22.3 Å². The van der Waals surface area contributed by atoms with E-state index < -0.39 is 4.92 Å². The molecular formula is C21H26N4O4. The monoisotopic (exact) mass is 398 g/mol. The zero-order valence-electron chi connectivity index (χ0n) is 16.4. The van der Waals surface area contributed by atoms with Crippen LogP contribution in [0.1, 0.15) is 17.9 Å². The summed E-state index contributed by atoms with van der Waals surface area (Å²) in [5, 5.41) is 13.7. The maximum absolute atomic E-state index is 12.4. The van der Waals surface area contributed by atoms with E-state index >= 15 is 0 Å². The number of benzene rings is 2. The van der Waals surface area contributed by atoms with Gasteiger partial charge in [-0.25, -0.2) is 0 Å². The number of nitro benzene ring substituents is 1. The first-order valence-corrected chi connectivity index (χ1v) is 9.61. The van der Waals surface area contributed by atoms with Crippen molar-refractivity contribution >= 4 is 17.3 Å². The van der Waals surface area contributed by atoms with Gasteiger partial charge in [0.1, 0.15) is 5.75 Å². The Hall–Kier alpha value is -2.97. The zero-order chi connectivity index (χ0) is 20.8. The Labute approximate surface area is 169 Å². The Morgan fingerprint density at radius 3 is 2.69 bits per heavy atom. The lowest BCUT2D eigenvalue weighted by Crippen LogP contribution is -2.27. The first-order valence-electron chi connectivity index (χ1n) is 9.61. The number of amides is 1. The summed E-state index contributed by atoms with van der Waals surface area (Å²) >= 11 is 0. The Bertz CT molecular complexity index is 859. The van der Waals surface area contributed by atoms with Crippen LogP contribution in [-0.4, -0.2) is 49.0 Å². The highest BCUT2D eigenvalue weighted by molar-refractivity contribution is 5.92. The van der Waals surface area contributed by atoms with Gasteiger partial charge in [0.05, 0.1) is 17.7 Å². The van der Waals surface area contributed by atoms with E-state index in [-0.39, 0.29) is 18.0 Å². The molecule has 0 aliphatic carbocycles. The van der Waals surface area contributed by atoms with Gasteiger partial charge in [-0.2, -0.15) is 0 Å². The second-order valence-electron chi connectivity index (χ2n) is 7.21. The van der Waals surface area contributed by atoms with E-state index in [0.717, 1.165) is 13.1 Å². The molecule has 0 bridgehead atoms. The minimum Gasteiger partial charge on any atom is -0.495 e. The van der Waals surface area contributed by atoms with Crippen LogP contribution in [0.25, 0.3) is 0 Å². The molecule has 0 unspecified atom stereocenters. The molecule has 8 heteroatoms. The van der Waals surface area contributed by atoms with Crippen LogP contribution in [0.5, 0.6) is 5.75 Å². The third-order valence-electron chi connectivity index (χ3n) is 5.37. The predicted octanol–water partition coefficient (Wildman–Crippen LogP) is 2.61. The molecule has 1 amide bonds. The molecule has 2 aromatic rings. The Morgan fingerprint density at radius 2 is 2.03 bits per heavy atom. The number of carbonyl (C=O) groups excluding carboxylic acids is 1. The molecule has 1 saturated heterocycles. The number of carbonyl (C=O) groups is 1. The molecule has 0 aromatic heterocycles. The highest BCUT2D eigenvalue weighted by Gasteiger charge is 2.32. The van der Waals surface area contributed by atoms with E-state index in [1.165, 1.54) is 30.9 Å². The molecule has 1 fully saturated rings. The number of likely N-dealkylation sites (tertiary alicyclic amines) is 1. The van der Waals surface area contributed by atoms with Crippen LogP contribution in [0.2, 0.25) is 0 Å². The Balaban J connectivity index is 1.59. The minimum absolute atomic E-state index is 0.0999. The van der Waals surface area contributed by atoms with Crippen molar-refractivity contribution in [1.82, 2.24) is 4.90 Å². The first kappa shape index (κ1) is 20.8. The number of anilines is 1. The van der Waals surface area contributed by atoms with Gasteiger partial charge >= 0.3 is 0 Å². The minimum atomic E-state index is -0.504. The fourth-order valence-electron chi connectivity index (χ4n) is 3.84. The van der Waals surface area contributed by atoms with Gasteiger partial charge in [0.2, 0.25) is 5.91 Å². The normalized spacial score (nSPS) is 19.1. The molecule has 154 valence electrons. The zero-order valence-corrected chi connectivity index (χ0v) is 16.4. The number of nitrogens with two attached hydrogens (primary N) is 1. The van der Waals surface area contributed by atoms with Gasteiger partial charge in [0, 0.05) is 44.1 Å². The van der Waals surface area contributed by atoms with E-state index in [4.69, 9.17) is 10.5 Å². The van der Waals surface area contributed by atoms with E-state index in [1.54, 1.807) is 0 Å². The second kappa shape index (κ2) is 9.49. The van der Waals surface area contributed by atoms with Crippen LogP contribution in [0.4, 0.5) is 11.4 Å². The molecule has 3 rings (SSSR count). The number of rotatable bonds is 8. The summed E-state index contributed by atoms with van der Waals surface area (Å²) < 4.78 is 5.19. The van der Waals surface area contributed by atoms with Gasteiger partial charge in [-0.05, 0) is 24.1 Å². The maximum Gasteiger partial charge on any atom is 0.271 e. The molecule has 1 aliphatic heterocycles. The smallest absolute Gasteiger partial charge is 0.271 e. The maximum atomic E-state index is 12.4.